The first kappa shape index (κ1) is 10.4. The van der Waals surface area contributed by atoms with Crippen LogP contribution in [0.15, 0.2) is 12.1 Å². The topological polar surface area (TPSA) is 33.2 Å². The molecule has 80 valence electrons. The molecule has 1 atom stereocenters. The first-order valence-corrected chi connectivity index (χ1v) is 5.48. The molecular formula is C11H13ClN2O. The first-order chi connectivity index (χ1) is 7.20. The molecule has 2 heterocycles. The Morgan fingerprint density at radius 3 is 3.00 bits per heavy atom. The van der Waals surface area contributed by atoms with Crippen LogP contribution in [0.1, 0.15) is 30.3 Å². The van der Waals surface area contributed by atoms with E-state index in [9.17, 15) is 4.79 Å². The predicted molar refractivity (Wildman–Crippen MR) is 60.7 cm³/mol. The molecule has 1 aromatic heterocycles. The molecule has 15 heavy (non-hydrogen) atoms. The van der Waals surface area contributed by atoms with Gasteiger partial charge in [-0.05, 0) is 31.9 Å². The number of carbonyl (C=O) groups is 1. The molecule has 0 unspecified atom stereocenters. The Morgan fingerprint density at radius 2 is 2.40 bits per heavy atom. The molecule has 2 rings (SSSR count). The predicted octanol–water partition coefficient (Wildman–Crippen LogP) is 2.54. The number of hydrogen-bond donors (Lipinski definition) is 0. The van der Waals surface area contributed by atoms with E-state index in [1.54, 1.807) is 6.07 Å². The highest BCUT2D eigenvalue weighted by atomic mass is 35.5. The fourth-order valence-corrected chi connectivity index (χ4v) is 2.19. The van der Waals surface area contributed by atoms with E-state index in [1.807, 2.05) is 6.07 Å². The number of aldehydes is 1. The molecule has 0 aromatic carbocycles. The Labute approximate surface area is 94.1 Å². The molecule has 0 radical (unpaired) electrons. The minimum atomic E-state index is 0.400. The smallest absolute Gasteiger partial charge is 0.168 e. The van der Waals surface area contributed by atoms with Crippen molar-refractivity contribution in [2.45, 2.75) is 25.8 Å². The van der Waals surface area contributed by atoms with Crippen molar-refractivity contribution in [1.82, 2.24) is 4.98 Å². The normalized spacial score (nSPS) is 20.7. The van der Waals surface area contributed by atoms with Gasteiger partial charge >= 0.3 is 0 Å². The van der Waals surface area contributed by atoms with E-state index in [2.05, 4.69) is 16.8 Å². The summed E-state index contributed by atoms with van der Waals surface area (Å²) in [6.45, 7) is 3.16. The van der Waals surface area contributed by atoms with Crippen LogP contribution in [0.2, 0.25) is 5.02 Å². The Balaban J connectivity index is 2.34. The van der Waals surface area contributed by atoms with Crippen LogP contribution in [0.25, 0.3) is 0 Å². The Hall–Kier alpha value is -1.09. The molecule has 0 amide bonds. The van der Waals surface area contributed by atoms with E-state index in [1.165, 1.54) is 12.8 Å². The summed E-state index contributed by atoms with van der Waals surface area (Å²) in [5.74, 6) is 0.814. The fraction of sp³-hybridized carbons (Fsp3) is 0.455. The van der Waals surface area contributed by atoms with Crippen molar-refractivity contribution < 1.29 is 4.79 Å². The van der Waals surface area contributed by atoms with Gasteiger partial charge in [0.15, 0.2) is 6.29 Å². The molecule has 0 saturated carbocycles. The summed E-state index contributed by atoms with van der Waals surface area (Å²) in [5.41, 5.74) is 0.400. The van der Waals surface area contributed by atoms with Crippen LogP contribution in [-0.4, -0.2) is 23.9 Å². The number of anilines is 1. The Bertz CT molecular complexity index is 381. The Kier molecular flexibility index (Phi) is 2.91. The third-order valence-corrected chi connectivity index (χ3v) is 2.98. The average molecular weight is 225 g/mol. The number of aromatic nitrogens is 1. The van der Waals surface area contributed by atoms with Gasteiger partial charge in [-0.25, -0.2) is 4.98 Å². The van der Waals surface area contributed by atoms with Crippen molar-refractivity contribution >= 4 is 23.7 Å². The molecule has 3 nitrogen and oxygen atoms in total. The van der Waals surface area contributed by atoms with Gasteiger partial charge in [-0.15, -0.1) is 0 Å². The zero-order valence-corrected chi connectivity index (χ0v) is 9.37. The van der Waals surface area contributed by atoms with Gasteiger partial charge in [0.25, 0.3) is 0 Å². The molecule has 0 aliphatic carbocycles. The maximum atomic E-state index is 10.7. The number of halogens is 1. The molecule has 4 heteroatoms. The molecule has 0 bridgehead atoms. The number of pyridine rings is 1. The molecule has 1 aliphatic rings. The van der Waals surface area contributed by atoms with Gasteiger partial charge in [0.05, 0.1) is 0 Å². The number of hydrogen-bond acceptors (Lipinski definition) is 3. The molecule has 1 saturated heterocycles. The standard InChI is InChI=1S/C11H13ClN2O/c1-8-3-2-4-14(8)11-6-9(12)5-10(7-15)13-11/h5-8H,2-4H2,1H3/t8-/m1/s1. The van der Waals surface area contributed by atoms with Crippen LogP contribution < -0.4 is 4.90 Å². The van der Waals surface area contributed by atoms with Crippen LogP contribution in [0.5, 0.6) is 0 Å². The minimum absolute atomic E-state index is 0.400. The van der Waals surface area contributed by atoms with Crippen molar-refractivity contribution in [3.8, 4) is 0 Å². The van der Waals surface area contributed by atoms with Gasteiger partial charge in [0.1, 0.15) is 11.5 Å². The number of nitrogens with zero attached hydrogens (tertiary/aromatic N) is 2. The molecule has 1 aromatic rings. The monoisotopic (exact) mass is 224 g/mol. The van der Waals surface area contributed by atoms with Gasteiger partial charge in [0, 0.05) is 17.6 Å². The van der Waals surface area contributed by atoms with Gasteiger partial charge in [-0.1, -0.05) is 11.6 Å². The van der Waals surface area contributed by atoms with Gasteiger partial charge in [-0.3, -0.25) is 4.79 Å². The number of rotatable bonds is 2. The summed E-state index contributed by atoms with van der Waals surface area (Å²) in [6.07, 6.45) is 3.08. The summed E-state index contributed by atoms with van der Waals surface area (Å²) in [6, 6.07) is 3.88. The fourth-order valence-electron chi connectivity index (χ4n) is 1.98. The van der Waals surface area contributed by atoms with E-state index in [0.29, 0.717) is 16.8 Å². The largest absolute Gasteiger partial charge is 0.354 e. The van der Waals surface area contributed by atoms with E-state index >= 15 is 0 Å². The van der Waals surface area contributed by atoms with E-state index in [0.717, 1.165) is 18.6 Å². The SMILES string of the molecule is C[C@@H]1CCCN1c1cc(Cl)cc(C=O)n1. The van der Waals surface area contributed by atoms with Crippen LogP contribution in [0.4, 0.5) is 5.82 Å². The number of carbonyl (C=O) groups excluding carboxylic acids is 1. The highest BCUT2D eigenvalue weighted by Gasteiger charge is 2.21. The second-order valence-corrected chi connectivity index (χ2v) is 4.31. The van der Waals surface area contributed by atoms with Crippen molar-refractivity contribution in [3.05, 3.63) is 22.8 Å². The lowest BCUT2D eigenvalue weighted by atomic mass is 10.2. The van der Waals surface area contributed by atoms with Crippen LogP contribution in [-0.2, 0) is 0 Å². The van der Waals surface area contributed by atoms with Crippen molar-refractivity contribution in [2.24, 2.45) is 0 Å². The van der Waals surface area contributed by atoms with E-state index in [-0.39, 0.29) is 0 Å². The lowest BCUT2D eigenvalue weighted by Crippen LogP contribution is -2.27. The highest BCUT2D eigenvalue weighted by Crippen LogP contribution is 2.25. The maximum absolute atomic E-state index is 10.7. The second kappa shape index (κ2) is 4.19. The third-order valence-electron chi connectivity index (χ3n) is 2.76. The van der Waals surface area contributed by atoms with Crippen LogP contribution >= 0.6 is 11.6 Å². The molecule has 0 spiro atoms. The highest BCUT2D eigenvalue weighted by molar-refractivity contribution is 6.31. The van der Waals surface area contributed by atoms with E-state index < -0.39 is 0 Å². The van der Waals surface area contributed by atoms with Crippen molar-refractivity contribution in [1.29, 1.82) is 0 Å². The van der Waals surface area contributed by atoms with Gasteiger partial charge in [-0.2, -0.15) is 0 Å². The van der Waals surface area contributed by atoms with Crippen LogP contribution in [0.3, 0.4) is 0 Å². The quantitative estimate of drug-likeness (QED) is 0.724. The summed E-state index contributed by atoms with van der Waals surface area (Å²) in [7, 11) is 0. The molecular weight excluding hydrogens is 212 g/mol. The summed E-state index contributed by atoms with van der Waals surface area (Å²) in [4.78, 5) is 17.1. The Morgan fingerprint density at radius 1 is 1.60 bits per heavy atom. The molecule has 1 aliphatic heterocycles. The van der Waals surface area contributed by atoms with Crippen molar-refractivity contribution in [3.63, 3.8) is 0 Å². The maximum Gasteiger partial charge on any atom is 0.168 e. The van der Waals surface area contributed by atoms with Gasteiger partial charge < -0.3 is 4.90 Å². The summed E-state index contributed by atoms with van der Waals surface area (Å²) >= 11 is 5.93. The lowest BCUT2D eigenvalue weighted by Gasteiger charge is -2.22. The molecule has 1 fully saturated rings. The van der Waals surface area contributed by atoms with Crippen molar-refractivity contribution in [2.75, 3.05) is 11.4 Å². The van der Waals surface area contributed by atoms with E-state index in [4.69, 9.17) is 11.6 Å². The zero-order chi connectivity index (χ0) is 10.8. The lowest BCUT2D eigenvalue weighted by molar-refractivity contribution is 0.111. The third kappa shape index (κ3) is 2.12. The molecule has 0 N–H and O–H groups in total. The summed E-state index contributed by atoms with van der Waals surface area (Å²) in [5, 5.41) is 0.571. The average Bonchev–Trinajstić information content (AvgIpc) is 2.63. The second-order valence-electron chi connectivity index (χ2n) is 3.87. The zero-order valence-electron chi connectivity index (χ0n) is 8.61. The van der Waals surface area contributed by atoms with Crippen LogP contribution in [0, 0.1) is 0 Å². The summed E-state index contributed by atoms with van der Waals surface area (Å²) < 4.78 is 0. The minimum Gasteiger partial charge on any atom is -0.354 e. The van der Waals surface area contributed by atoms with Gasteiger partial charge in [0.2, 0.25) is 0 Å². The first-order valence-electron chi connectivity index (χ1n) is 5.10.